The summed E-state index contributed by atoms with van der Waals surface area (Å²) in [5, 5.41) is 0. The second kappa shape index (κ2) is 5.34. The van der Waals surface area contributed by atoms with Crippen LogP contribution < -0.4 is 0 Å². The van der Waals surface area contributed by atoms with Crippen LogP contribution in [-0.4, -0.2) is 14.0 Å². The molecule has 0 radical (unpaired) electrons. The highest BCUT2D eigenvalue weighted by molar-refractivity contribution is 14.1. The molecule has 3 heterocycles. The molecule has 122 valence electrons. The molecule has 4 heteroatoms. The molecule has 0 amide bonds. The maximum Gasteiger partial charge on any atom is 0.147 e. The Labute approximate surface area is 155 Å². The number of nitrogens with zero attached hydrogens (tertiary/aromatic N) is 3. The number of aryl methyl sites for hydroxylation is 1. The summed E-state index contributed by atoms with van der Waals surface area (Å²) in [6.45, 7) is 8.88. The zero-order valence-corrected chi connectivity index (χ0v) is 16.5. The summed E-state index contributed by atoms with van der Waals surface area (Å²) in [6.07, 6.45) is 2.12. The van der Waals surface area contributed by atoms with Crippen molar-refractivity contribution in [1.82, 2.24) is 14.0 Å². The van der Waals surface area contributed by atoms with E-state index in [1.165, 1.54) is 26.0 Å². The van der Waals surface area contributed by atoms with Gasteiger partial charge in [-0.25, -0.2) is 4.98 Å². The molecule has 0 fully saturated rings. The van der Waals surface area contributed by atoms with Crippen molar-refractivity contribution in [3.8, 4) is 11.3 Å². The molecule has 3 nitrogen and oxygen atoms in total. The van der Waals surface area contributed by atoms with Gasteiger partial charge in [-0.2, -0.15) is 0 Å². The van der Waals surface area contributed by atoms with Gasteiger partial charge in [-0.1, -0.05) is 36.4 Å². The standard InChI is InChI=1S/C20H20IN3/c1-13-9-8-12-23-18(13)22-16-15(21)17(14-10-6-5-7-11-14)24(19(16)23)20(2,3)4/h5-12H,1-4H3. The van der Waals surface area contributed by atoms with E-state index in [-0.39, 0.29) is 5.54 Å². The number of hydrogen-bond acceptors (Lipinski definition) is 1. The lowest BCUT2D eigenvalue weighted by molar-refractivity contribution is 0.412. The maximum absolute atomic E-state index is 4.97. The van der Waals surface area contributed by atoms with Crippen molar-refractivity contribution in [1.29, 1.82) is 0 Å². The SMILES string of the molecule is Cc1cccn2c1nc1c(I)c(-c3ccccc3)n(C(C)(C)C)c12. The average molecular weight is 429 g/mol. The van der Waals surface area contributed by atoms with Crippen LogP contribution in [0.5, 0.6) is 0 Å². The summed E-state index contributed by atoms with van der Waals surface area (Å²) in [4.78, 5) is 4.97. The van der Waals surface area contributed by atoms with Crippen molar-refractivity contribution in [3.63, 3.8) is 0 Å². The third-order valence-electron chi connectivity index (χ3n) is 4.39. The van der Waals surface area contributed by atoms with Crippen LogP contribution in [0, 0.1) is 10.5 Å². The molecule has 3 aromatic heterocycles. The number of pyridine rings is 1. The van der Waals surface area contributed by atoms with Crippen molar-refractivity contribution in [2.45, 2.75) is 33.2 Å². The Morgan fingerprint density at radius 1 is 1.00 bits per heavy atom. The molecule has 0 spiro atoms. The third kappa shape index (κ3) is 2.19. The average Bonchev–Trinajstić information content (AvgIpc) is 3.05. The Bertz CT molecular complexity index is 1050. The van der Waals surface area contributed by atoms with Gasteiger partial charge in [-0.05, 0) is 67.5 Å². The molecule has 0 N–H and O–H groups in total. The zero-order chi connectivity index (χ0) is 17.1. The minimum atomic E-state index is -0.0491. The van der Waals surface area contributed by atoms with Crippen LogP contribution in [0.25, 0.3) is 28.1 Å². The van der Waals surface area contributed by atoms with Gasteiger partial charge in [0.15, 0.2) is 0 Å². The number of halogens is 1. The number of hydrogen-bond donors (Lipinski definition) is 0. The van der Waals surface area contributed by atoms with Crippen LogP contribution in [-0.2, 0) is 5.54 Å². The summed E-state index contributed by atoms with van der Waals surface area (Å²) in [5.74, 6) is 0. The number of rotatable bonds is 1. The topological polar surface area (TPSA) is 22.2 Å². The van der Waals surface area contributed by atoms with Gasteiger partial charge in [0.25, 0.3) is 0 Å². The quantitative estimate of drug-likeness (QED) is 0.360. The highest BCUT2D eigenvalue weighted by Gasteiger charge is 2.28. The van der Waals surface area contributed by atoms with Crippen molar-refractivity contribution >= 4 is 39.4 Å². The van der Waals surface area contributed by atoms with Gasteiger partial charge in [-0.15, -0.1) is 0 Å². The van der Waals surface area contributed by atoms with Gasteiger partial charge in [0.1, 0.15) is 16.8 Å². The Morgan fingerprint density at radius 2 is 1.71 bits per heavy atom. The molecule has 0 unspecified atom stereocenters. The lowest BCUT2D eigenvalue weighted by Crippen LogP contribution is -2.23. The van der Waals surface area contributed by atoms with E-state index in [0.717, 1.165) is 11.2 Å². The van der Waals surface area contributed by atoms with Crippen LogP contribution in [0.2, 0.25) is 0 Å². The molecular weight excluding hydrogens is 409 g/mol. The van der Waals surface area contributed by atoms with Crippen LogP contribution in [0.3, 0.4) is 0 Å². The Balaban J connectivity index is 2.22. The smallest absolute Gasteiger partial charge is 0.147 e. The Morgan fingerprint density at radius 3 is 2.38 bits per heavy atom. The lowest BCUT2D eigenvalue weighted by atomic mass is 10.1. The van der Waals surface area contributed by atoms with Crippen LogP contribution in [0.1, 0.15) is 26.3 Å². The van der Waals surface area contributed by atoms with Gasteiger partial charge < -0.3 is 4.57 Å². The van der Waals surface area contributed by atoms with Crippen LogP contribution in [0.4, 0.5) is 0 Å². The van der Waals surface area contributed by atoms with Crippen molar-refractivity contribution < 1.29 is 0 Å². The van der Waals surface area contributed by atoms with Crippen molar-refractivity contribution in [2.75, 3.05) is 0 Å². The van der Waals surface area contributed by atoms with E-state index in [1.807, 2.05) is 0 Å². The molecular formula is C20H20IN3. The summed E-state index contributed by atoms with van der Waals surface area (Å²) in [7, 11) is 0. The molecule has 0 aliphatic heterocycles. The largest absolute Gasteiger partial charge is 0.319 e. The summed E-state index contributed by atoms with van der Waals surface area (Å²) >= 11 is 2.45. The van der Waals surface area contributed by atoms with Crippen molar-refractivity contribution in [3.05, 3.63) is 57.8 Å². The molecule has 4 aromatic rings. The van der Waals surface area contributed by atoms with Crippen LogP contribution >= 0.6 is 22.6 Å². The third-order valence-corrected chi connectivity index (χ3v) is 5.41. The van der Waals surface area contributed by atoms with Crippen molar-refractivity contribution in [2.24, 2.45) is 0 Å². The summed E-state index contributed by atoms with van der Waals surface area (Å²) < 4.78 is 5.87. The predicted octanol–water partition coefficient (Wildman–Crippen LogP) is 5.62. The number of benzene rings is 1. The summed E-state index contributed by atoms with van der Waals surface area (Å²) in [6, 6.07) is 14.8. The maximum atomic E-state index is 4.97. The molecule has 1 aromatic carbocycles. The summed E-state index contributed by atoms with van der Waals surface area (Å²) in [5.41, 5.74) is 6.92. The van der Waals surface area contributed by atoms with Gasteiger partial charge >= 0.3 is 0 Å². The monoisotopic (exact) mass is 429 g/mol. The van der Waals surface area contributed by atoms with Gasteiger partial charge in [0.2, 0.25) is 0 Å². The molecule has 0 saturated carbocycles. The first-order valence-electron chi connectivity index (χ1n) is 8.13. The molecule has 0 atom stereocenters. The van der Waals surface area contributed by atoms with E-state index in [9.17, 15) is 0 Å². The lowest BCUT2D eigenvalue weighted by Gasteiger charge is -2.26. The predicted molar refractivity (Wildman–Crippen MR) is 109 cm³/mol. The minimum absolute atomic E-state index is 0.0491. The molecule has 0 bridgehead atoms. The Hall–Kier alpha value is -1.82. The number of aromatic nitrogens is 3. The van der Waals surface area contributed by atoms with Crippen LogP contribution in [0.15, 0.2) is 48.7 Å². The second-order valence-corrected chi connectivity index (χ2v) is 8.28. The first kappa shape index (κ1) is 15.7. The first-order valence-corrected chi connectivity index (χ1v) is 9.21. The zero-order valence-electron chi connectivity index (χ0n) is 14.3. The highest BCUT2D eigenvalue weighted by Crippen LogP contribution is 2.39. The van der Waals surface area contributed by atoms with E-state index >= 15 is 0 Å². The van der Waals surface area contributed by atoms with Gasteiger partial charge in [0.05, 0.1) is 9.26 Å². The fourth-order valence-corrected chi connectivity index (χ4v) is 4.29. The van der Waals surface area contributed by atoms with E-state index in [4.69, 9.17) is 4.98 Å². The van der Waals surface area contributed by atoms with E-state index in [0.29, 0.717) is 0 Å². The molecule has 0 aliphatic carbocycles. The van der Waals surface area contributed by atoms with E-state index in [2.05, 4.69) is 108 Å². The molecule has 4 rings (SSSR count). The fraction of sp³-hybridized carbons (Fsp3) is 0.250. The van der Waals surface area contributed by atoms with E-state index in [1.54, 1.807) is 0 Å². The van der Waals surface area contributed by atoms with E-state index < -0.39 is 0 Å². The van der Waals surface area contributed by atoms with Gasteiger partial charge in [0, 0.05) is 11.7 Å². The first-order chi connectivity index (χ1) is 11.4. The highest BCUT2D eigenvalue weighted by atomic mass is 127. The fourth-order valence-electron chi connectivity index (χ4n) is 3.37. The normalized spacial score (nSPS) is 12.4. The molecule has 24 heavy (non-hydrogen) atoms. The Kier molecular flexibility index (Phi) is 3.49. The number of fused-ring (bicyclic) bond motifs is 3. The second-order valence-electron chi connectivity index (χ2n) is 7.20. The molecule has 0 saturated heterocycles. The number of imidazole rings is 1. The van der Waals surface area contributed by atoms with Gasteiger partial charge in [-0.3, -0.25) is 4.40 Å². The minimum Gasteiger partial charge on any atom is -0.319 e. The molecule has 0 aliphatic rings.